The van der Waals surface area contributed by atoms with Crippen molar-refractivity contribution in [3.8, 4) is 17.1 Å². The van der Waals surface area contributed by atoms with Crippen LogP contribution in [0.1, 0.15) is 60.3 Å². The Hall–Kier alpha value is -5.65. The van der Waals surface area contributed by atoms with Crippen molar-refractivity contribution in [3.05, 3.63) is 71.0 Å². The van der Waals surface area contributed by atoms with Gasteiger partial charge in [-0.2, -0.15) is 18.3 Å². The minimum Gasteiger partial charge on any atom is -0.444 e. The van der Waals surface area contributed by atoms with E-state index in [0.29, 0.717) is 57.8 Å². The number of carbonyl (C=O) groups is 4. The average Bonchev–Trinajstić information content (AvgIpc) is 3.78. The highest BCUT2D eigenvalue weighted by Crippen LogP contribution is 2.37. The van der Waals surface area contributed by atoms with Gasteiger partial charge in [-0.15, -0.1) is 0 Å². The predicted octanol–water partition coefficient (Wildman–Crippen LogP) is 5.57. The summed E-state index contributed by atoms with van der Waals surface area (Å²) in [6, 6.07) is 7.52. The van der Waals surface area contributed by atoms with E-state index < -0.39 is 23.4 Å². The quantitative estimate of drug-likeness (QED) is 0.244. The van der Waals surface area contributed by atoms with Crippen LogP contribution in [0.4, 0.5) is 29.3 Å². The number of alkyl halides is 3. The fourth-order valence-corrected chi connectivity index (χ4v) is 6.84. The van der Waals surface area contributed by atoms with Gasteiger partial charge in [0, 0.05) is 71.2 Å². The number of benzene rings is 1. The smallest absolute Gasteiger partial charge is 0.435 e. The van der Waals surface area contributed by atoms with E-state index in [-0.39, 0.29) is 63.0 Å². The number of imidazole rings is 1. The molecule has 2 aliphatic rings. The Balaban J connectivity index is 1.06. The number of anilines is 2. The van der Waals surface area contributed by atoms with Gasteiger partial charge in [0.1, 0.15) is 5.60 Å². The molecular formula is C37H42ClF3N10O5. The van der Waals surface area contributed by atoms with E-state index in [1.54, 1.807) is 27.8 Å². The highest BCUT2D eigenvalue weighted by molar-refractivity contribution is 6.34. The van der Waals surface area contributed by atoms with Crippen molar-refractivity contribution in [3.63, 3.8) is 0 Å². The minimum absolute atomic E-state index is 0.00247. The summed E-state index contributed by atoms with van der Waals surface area (Å²) in [5.41, 5.74) is -0.992. The molecule has 19 heteroatoms. The molecule has 4 aromatic rings. The van der Waals surface area contributed by atoms with Gasteiger partial charge in [0.25, 0.3) is 11.8 Å². The Morgan fingerprint density at radius 3 is 2.12 bits per heavy atom. The maximum absolute atomic E-state index is 14.1. The second-order valence-corrected chi connectivity index (χ2v) is 14.9. The number of hydrogen-bond acceptors (Lipinski definition) is 9. The van der Waals surface area contributed by atoms with Crippen LogP contribution in [0.15, 0.2) is 48.9 Å². The molecule has 4 amide bonds. The van der Waals surface area contributed by atoms with Crippen LogP contribution in [0.5, 0.6) is 0 Å². The number of aromatic nitrogens is 5. The van der Waals surface area contributed by atoms with Gasteiger partial charge < -0.3 is 34.6 Å². The van der Waals surface area contributed by atoms with Crippen LogP contribution in [-0.2, 0) is 22.8 Å². The Kier molecular flexibility index (Phi) is 11.3. The fraction of sp³-hybridized carbons (Fsp3) is 0.432. The molecule has 0 radical (unpaired) electrons. The number of amides is 4. The highest BCUT2D eigenvalue weighted by Gasteiger charge is 2.39. The van der Waals surface area contributed by atoms with E-state index in [0.717, 1.165) is 10.9 Å². The molecule has 1 aromatic carbocycles. The molecule has 15 nitrogen and oxygen atoms in total. The van der Waals surface area contributed by atoms with Crippen molar-refractivity contribution in [2.45, 2.75) is 45.4 Å². The average molecular weight is 799 g/mol. The Morgan fingerprint density at radius 2 is 1.54 bits per heavy atom. The third kappa shape index (κ3) is 8.74. The van der Waals surface area contributed by atoms with E-state index in [2.05, 4.69) is 25.7 Å². The Bertz CT molecular complexity index is 2110. The van der Waals surface area contributed by atoms with Crippen LogP contribution in [0, 0.1) is 5.92 Å². The summed E-state index contributed by atoms with van der Waals surface area (Å²) in [5.74, 6) is -1.31. The number of hydrogen-bond donors (Lipinski definition) is 2. The van der Waals surface area contributed by atoms with Gasteiger partial charge in [0.15, 0.2) is 17.3 Å². The van der Waals surface area contributed by atoms with Gasteiger partial charge in [-0.3, -0.25) is 14.4 Å². The van der Waals surface area contributed by atoms with Crippen LogP contribution >= 0.6 is 11.6 Å². The minimum atomic E-state index is -4.82. The molecule has 0 saturated carbocycles. The molecule has 0 spiro atoms. The molecule has 5 heterocycles. The molecule has 0 atom stereocenters. The molecule has 298 valence electrons. The number of carbonyl (C=O) groups excluding carboxylic acids is 4. The molecule has 2 N–H and O–H groups in total. The molecule has 6 rings (SSSR count). The van der Waals surface area contributed by atoms with E-state index in [9.17, 15) is 32.3 Å². The summed E-state index contributed by atoms with van der Waals surface area (Å²) in [7, 11) is 3.09. The van der Waals surface area contributed by atoms with Crippen LogP contribution in [-0.4, -0.2) is 115 Å². The molecule has 2 fully saturated rings. The molecule has 2 aliphatic heterocycles. The first kappa shape index (κ1) is 40.0. The highest BCUT2D eigenvalue weighted by atomic mass is 35.5. The normalized spacial score (nSPS) is 15.5. The lowest BCUT2D eigenvalue weighted by Crippen LogP contribution is -2.53. The molecule has 2 saturated heterocycles. The van der Waals surface area contributed by atoms with Crippen LogP contribution < -0.4 is 10.6 Å². The first-order chi connectivity index (χ1) is 26.4. The Morgan fingerprint density at radius 1 is 0.875 bits per heavy atom. The van der Waals surface area contributed by atoms with Crippen LogP contribution in [0.2, 0.25) is 5.02 Å². The molecule has 0 bridgehead atoms. The summed E-state index contributed by atoms with van der Waals surface area (Å²) in [6.07, 6.45) is -0.346. The number of likely N-dealkylation sites (tertiary alicyclic amines) is 1. The zero-order valence-corrected chi connectivity index (χ0v) is 32.2. The van der Waals surface area contributed by atoms with Crippen LogP contribution in [0.25, 0.3) is 17.1 Å². The number of pyridine rings is 1. The number of piperazine rings is 1. The topological polar surface area (TPSA) is 160 Å². The lowest BCUT2D eigenvalue weighted by atomic mass is 9.95. The lowest BCUT2D eigenvalue weighted by Gasteiger charge is -2.38. The van der Waals surface area contributed by atoms with E-state index in [4.69, 9.17) is 16.3 Å². The summed E-state index contributed by atoms with van der Waals surface area (Å²) >= 11 is 6.52. The van der Waals surface area contributed by atoms with Crippen molar-refractivity contribution in [2.24, 2.45) is 13.0 Å². The SMILES string of the molecule is CNc1ccc(-n2cc(-c3cnc(C(=O)Nc4ccc(C(=O)N5CCN(C(=O)C6CCN(C(=O)OC(C)(C)C)CC6)CC5)c(Cl)c4)n3C)c(C(F)(F)F)n2)nc1. The summed E-state index contributed by atoms with van der Waals surface area (Å²) in [4.78, 5) is 65.7. The van der Waals surface area contributed by atoms with Crippen molar-refractivity contribution in [1.82, 2.24) is 39.0 Å². The zero-order chi connectivity index (χ0) is 40.5. The van der Waals surface area contributed by atoms with Gasteiger partial charge in [-0.05, 0) is 63.9 Å². The molecule has 3 aromatic heterocycles. The van der Waals surface area contributed by atoms with E-state index in [1.807, 2.05) is 20.8 Å². The summed E-state index contributed by atoms with van der Waals surface area (Å²) in [5, 5.41) is 9.35. The van der Waals surface area contributed by atoms with Crippen molar-refractivity contribution in [2.75, 3.05) is 56.9 Å². The molecule has 0 aliphatic carbocycles. The van der Waals surface area contributed by atoms with Crippen molar-refractivity contribution >= 4 is 46.8 Å². The maximum Gasteiger partial charge on any atom is 0.435 e. The number of rotatable bonds is 7. The maximum atomic E-state index is 14.1. The van der Waals surface area contributed by atoms with Gasteiger partial charge in [0.2, 0.25) is 5.91 Å². The third-order valence-electron chi connectivity index (χ3n) is 9.55. The van der Waals surface area contributed by atoms with Crippen LogP contribution in [0.3, 0.4) is 0 Å². The standard InChI is InChI=1S/C37H42ClF3N10O5/c1-36(2,3)56-35(55)50-12-10-22(11-13-50)33(53)48-14-16-49(17-15-48)34(54)25-8-6-23(18-27(25)38)45-32(52)31-44-20-28(47(31)5)26-21-51(46-30(26)37(39,40)41)29-9-7-24(42-4)19-43-29/h6-9,18-22,42H,10-17H2,1-5H3,(H,45,52). The zero-order valence-electron chi connectivity index (χ0n) is 31.5. The fourth-order valence-electron chi connectivity index (χ4n) is 6.58. The van der Waals surface area contributed by atoms with Gasteiger partial charge in [0.05, 0.1) is 39.9 Å². The second-order valence-electron chi connectivity index (χ2n) is 14.5. The Labute approximate surface area is 325 Å². The summed E-state index contributed by atoms with van der Waals surface area (Å²) < 4.78 is 50.0. The predicted molar refractivity (Wildman–Crippen MR) is 201 cm³/mol. The van der Waals surface area contributed by atoms with E-state index >= 15 is 0 Å². The number of piperidine rings is 1. The number of nitrogens with one attached hydrogen (secondary N) is 2. The first-order valence-electron chi connectivity index (χ1n) is 17.9. The third-order valence-corrected chi connectivity index (χ3v) is 9.87. The van der Waals surface area contributed by atoms with Crippen molar-refractivity contribution in [1.29, 1.82) is 0 Å². The van der Waals surface area contributed by atoms with Crippen molar-refractivity contribution < 1.29 is 37.1 Å². The van der Waals surface area contributed by atoms with E-state index in [1.165, 1.54) is 48.3 Å². The molecule has 0 unspecified atom stereocenters. The second kappa shape index (κ2) is 15.8. The van der Waals surface area contributed by atoms with Gasteiger partial charge in [-0.1, -0.05) is 11.6 Å². The lowest BCUT2D eigenvalue weighted by molar-refractivity contribution is -0.141. The number of ether oxygens (including phenoxy) is 1. The molecular weight excluding hydrogens is 757 g/mol. The monoisotopic (exact) mass is 798 g/mol. The molecule has 56 heavy (non-hydrogen) atoms. The van der Waals surface area contributed by atoms with Gasteiger partial charge in [-0.25, -0.2) is 19.4 Å². The largest absolute Gasteiger partial charge is 0.444 e. The number of nitrogens with zero attached hydrogens (tertiary/aromatic N) is 8. The summed E-state index contributed by atoms with van der Waals surface area (Å²) in [6.45, 7) is 7.58. The van der Waals surface area contributed by atoms with Gasteiger partial charge >= 0.3 is 12.3 Å². The first-order valence-corrected chi connectivity index (χ1v) is 18.3. The number of halogens is 4.